The fraction of sp³-hybridized carbons (Fsp3) is 0.875. The SMILES string of the molecule is O=CCN1C2CCC1COC2. The maximum atomic E-state index is 10.3. The highest BCUT2D eigenvalue weighted by Gasteiger charge is 2.36. The van der Waals surface area contributed by atoms with Crippen molar-refractivity contribution in [2.75, 3.05) is 19.8 Å². The van der Waals surface area contributed by atoms with Gasteiger partial charge in [-0.05, 0) is 12.8 Å². The largest absolute Gasteiger partial charge is 0.378 e. The number of morpholine rings is 1. The van der Waals surface area contributed by atoms with Gasteiger partial charge in [0.05, 0.1) is 19.8 Å². The number of rotatable bonds is 2. The van der Waals surface area contributed by atoms with Crippen LogP contribution in [0.1, 0.15) is 12.8 Å². The van der Waals surface area contributed by atoms with Crippen LogP contribution in [-0.4, -0.2) is 43.0 Å². The predicted octanol–water partition coefficient (Wildman–Crippen LogP) is 0.0485. The molecule has 0 aliphatic carbocycles. The van der Waals surface area contributed by atoms with Crippen molar-refractivity contribution < 1.29 is 9.53 Å². The minimum atomic E-state index is 0.527. The van der Waals surface area contributed by atoms with Crippen molar-refractivity contribution >= 4 is 6.29 Å². The first kappa shape index (κ1) is 7.25. The van der Waals surface area contributed by atoms with Gasteiger partial charge in [0.15, 0.2) is 0 Å². The summed E-state index contributed by atoms with van der Waals surface area (Å²) in [5.74, 6) is 0. The zero-order valence-corrected chi connectivity index (χ0v) is 6.53. The van der Waals surface area contributed by atoms with E-state index < -0.39 is 0 Å². The number of carbonyl (C=O) groups is 1. The summed E-state index contributed by atoms with van der Waals surface area (Å²) < 4.78 is 5.38. The lowest BCUT2D eigenvalue weighted by molar-refractivity contribution is -0.111. The minimum Gasteiger partial charge on any atom is -0.378 e. The average molecular weight is 155 g/mol. The first-order chi connectivity index (χ1) is 5.42. The molecule has 3 heteroatoms. The summed E-state index contributed by atoms with van der Waals surface area (Å²) in [4.78, 5) is 12.6. The van der Waals surface area contributed by atoms with E-state index in [2.05, 4.69) is 4.90 Å². The van der Waals surface area contributed by atoms with E-state index in [1.807, 2.05) is 0 Å². The Bertz CT molecular complexity index is 144. The molecule has 0 aromatic rings. The summed E-state index contributed by atoms with van der Waals surface area (Å²) in [5, 5.41) is 0. The van der Waals surface area contributed by atoms with Gasteiger partial charge in [0.25, 0.3) is 0 Å². The Labute approximate surface area is 66.3 Å². The van der Waals surface area contributed by atoms with Crippen LogP contribution in [0, 0.1) is 0 Å². The summed E-state index contributed by atoms with van der Waals surface area (Å²) in [5.41, 5.74) is 0. The summed E-state index contributed by atoms with van der Waals surface area (Å²) in [6, 6.07) is 1.05. The number of aldehydes is 1. The predicted molar refractivity (Wildman–Crippen MR) is 40.4 cm³/mol. The Hall–Kier alpha value is -0.410. The number of nitrogens with zero attached hydrogens (tertiary/aromatic N) is 1. The summed E-state index contributed by atoms with van der Waals surface area (Å²) in [7, 11) is 0. The monoisotopic (exact) mass is 155 g/mol. The Kier molecular flexibility index (Phi) is 1.92. The van der Waals surface area contributed by atoms with Crippen molar-refractivity contribution in [3.05, 3.63) is 0 Å². The molecule has 0 aromatic carbocycles. The lowest BCUT2D eigenvalue weighted by Gasteiger charge is -2.32. The van der Waals surface area contributed by atoms with Crippen molar-refractivity contribution in [3.63, 3.8) is 0 Å². The molecule has 62 valence electrons. The van der Waals surface area contributed by atoms with Crippen LogP contribution in [0.2, 0.25) is 0 Å². The first-order valence-electron chi connectivity index (χ1n) is 4.19. The Morgan fingerprint density at radius 3 is 2.55 bits per heavy atom. The van der Waals surface area contributed by atoms with Crippen LogP contribution in [0.25, 0.3) is 0 Å². The second-order valence-electron chi connectivity index (χ2n) is 3.29. The molecule has 2 unspecified atom stereocenters. The van der Waals surface area contributed by atoms with Gasteiger partial charge in [0, 0.05) is 12.1 Å². The number of hydrogen-bond donors (Lipinski definition) is 0. The summed E-state index contributed by atoms with van der Waals surface area (Å²) in [6.45, 7) is 2.24. The molecule has 2 saturated heterocycles. The van der Waals surface area contributed by atoms with Crippen molar-refractivity contribution in [2.45, 2.75) is 24.9 Å². The van der Waals surface area contributed by atoms with E-state index in [1.165, 1.54) is 12.8 Å². The Morgan fingerprint density at radius 1 is 1.36 bits per heavy atom. The van der Waals surface area contributed by atoms with E-state index >= 15 is 0 Å². The van der Waals surface area contributed by atoms with E-state index in [4.69, 9.17) is 4.74 Å². The molecule has 0 spiro atoms. The van der Waals surface area contributed by atoms with Gasteiger partial charge in [-0.25, -0.2) is 0 Å². The zero-order valence-electron chi connectivity index (χ0n) is 6.53. The second kappa shape index (κ2) is 2.91. The molecule has 0 aromatic heterocycles. The maximum Gasteiger partial charge on any atom is 0.134 e. The highest BCUT2D eigenvalue weighted by molar-refractivity contribution is 5.52. The van der Waals surface area contributed by atoms with Gasteiger partial charge >= 0.3 is 0 Å². The summed E-state index contributed by atoms with van der Waals surface area (Å²) >= 11 is 0. The number of hydrogen-bond acceptors (Lipinski definition) is 3. The van der Waals surface area contributed by atoms with E-state index in [0.29, 0.717) is 18.6 Å². The quantitative estimate of drug-likeness (QED) is 0.528. The van der Waals surface area contributed by atoms with Gasteiger partial charge in [-0.1, -0.05) is 0 Å². The Morgan fingerprint density at radius 2 is 2.00 bits per heavy atom. The van der Waals surface area contributed by atoms with Gasteiger partial charge < -0.3 is 9.53 Å². The van der Waals surface area contributed by atoms with Crippen LogP contribution < -0.4 is 0 Å². The van der Waals surface area contributed by atoms with Crippen LogP contribution in [0.5, 0.6) is 0 Å². The molecule has 2 bridgehead atoms. The molecule has 0 saturated carbocycles. The highest BCUT2D eigenvalue weighted by atomic mass is 16.5. The lowest BCUT2D eigenvalue weighted by atomic mass is 10.2. The molecule has 2 fully saturated rings. The fourth-order valence-electron chi connectivity index (χ4n) is 2.10. The van der Waals surface area contributed by atoms with E-state index in [1.54, 1.807) is 0 Å². The van der Waals surface area contributed by atoms with E-state index in [0.717, 1.165) is 19.5 Å². The van der Waals surface area contributed by atoms with E-state index in [-0.39, 0.29) is 0 Å². The third-order valence-corrected chi connectivity index (χ3v) is 2.68. The molecule has 0 amide bonds. The molecule has 11 heavy (non-hydrogen) atoms. The number of carbonyl (C=O) groups excluding carboxylic acids is 1. The standard InChI is InChI=1S/C8H13NO2/c10-4-3-9-7-1-2-8(9)6-11-5-7/h4,7-8H,1-3,5-6H2. The average Bonchev–Trinajstić information content (AvgIpc) is 2.30. The van der Waals surface area contributed by atoms with Gasteiger partial charge in [-0.2, -0.15) is 0 Å². The Balaban J connectivity index is 2.02. The van der Waals surface area contributed by atoms with Gasteiger partial charge in [0.1, 0.15) is 6.29 Å². The molecule has 2 aliphatic rings. The normalized spacial score (nSPS) is 37.5. The van der Waals surface area contributed by atoms with Gasteiger partial charge in [-0.15, -0.1) is 0 Å². The molecule has 2 rings (SSSR count). The smallest absolute Gasteiger partial charge is 0.134 e. The third kappa shape index (κ3) is 1.19. The number of fused-ring (bicyclic) bond motifs is 2. The molecule has 2 atom stereocenters. The van der Waals surface area contributed by atoms with Gasteiger partial charge in [0.2, 0.25) is 0 Å². The highest BCUT2D eigenvalue weighted by Crippen LogP contribution is 2.27. The molecule has 0 N–H and O–H groups in total. The first-order valence-corrected chi connectivity index (χ1v) is 4.19. The summed E-state index contributed by atoms with van der Waals surface area (Å²) in [6.07, 6.45) is 3.41. The van der Waals surface area contributed by atoms with Crippen molar-refractivity contribution in [3.8, 4) is 0 Å². The molecule has 0 radical (unpaired) electrons. The fourth-order valence-corrected chi connectivity index (χ4v) is 2.10. The maximum absolute atomic E-state index is 10.3. The third-order valence-electron chi connectivity index (χ3n) is 2.68. The van der Waals surface area contributed by atoms with Crippen LogP contribution >= 0.6 is 0 Å². The molecule has 2 aliphatic heterocycles. The molecule has 2 heterocycles. The minimum absolute atomic E-state index is 0.527. The lowest BCUT2D eigenvalue weighted by Crippen LogP contribution is -2.46. The van der Waals surface area contributed by atoms with Crippen LogP contribution in [0.4, 0.5) is 0 Å². The van der Waals surface area contributed by atoms with Crippen LogP contribution in [0.15, 0.2) is 0 Å². The molecular formula is C8H13NO2. The number of ether oxygens (including phenoxy) is 1. The molecule has 3 nitrogen and oxygen atoms in total. The van der Waals surface area contributed by atoms with Crippen LogP contribution in [0.3, 0.4) is 0 Å². The topological polar surface area (TPSA) is 29.5 Å². The van der Waals surface area contributed by atoms with Gasteiger partial charge in [-0.3, -0.25) is 4.90 Å². The van der Waals surface area contributed by atoms with E-state index in [9.17, 15) is 4.79 Å². The molecular weight excluding hydrogens is 142 g/mol. The zero-order chi connectivity index (χ0) is 7.68. The van der Waals surface area contributed by atoms with Crippen molar-refractivity contribution in [1.82, 2.24) is 4.90 Å². The van der Waals surface area contributed by atoms with Crippen molar-refractivity contribution in [2.24, 2.45) is 0 Å². The second-order valence-corrected chi connectivity index (χ2v) is 3.29. The van der Waals surface area contributed by atoms with Crippen LogP contribution in [-0.2, 0) is 9.53 Å². The van der Waals surface area contributed by atoms with Crippen molar-refractivity contribution in [1.29, 1.82) is 0 Å².